The van der Waals surface area contributed by atoms with Gasteiger partial charge in [0.05, 0.1) is 17.2 Å². The van der Waals surface area contributed by atoms with Gasteiger partial charge in [-0.3, -0.25) is 0 Å². The van der Waals surface area contributed by atoms with Gasteiger partial charge in [0.15, 0.2) is 0 Å². The SMILES string of the molecule is N#Cc1cc(Oc2ccc(B(O)O)cc2)ccc1C(F)(F)F. The quantitative estimate of drug-likeness (QED) is 0.851. The van der Waals surface area contributed by atoms with Gasteiger partial charge in [-0.05, 0) is 35.8 Å². The highest BCUT2D eigenvalue weighted by Gasteiger charge is 2.33. The van der Waals surface area contributed by atoms with Crippen molar-refractivity contribution in [1.82, 2.24) is 0 Å². The molecule has 0 aliphatic heterocycles. The minimum atomic E-state index is -4.61. The lowest BCUT2D eigenvalue weighted by Crippen LogP contribution is -2.29. The zero-order chi connectivity index (χ0) is 16.3. The molecule has 4 nitrogen and oxygen atoms in total. The summed E-state index contributed by atoms with van der Waals surface area (Å²) >= 11 is 0. The normalized spacial score (nSPS) is 10.9. The number of hydrogen-bond donors (Lipinski definition) is 2. The summed E-state index contributed by atoms with van der Waals surface area (Å²) in [5, 5.41) is 26.7. The number of rotatable bonds is 3. The van der Waals surface area contributed by atoms with E-state index in [1.54, 1.807) is 0 Å². The van der Waals surface area contributed by atoms with Gasteiger partial charge in [-0.25, -0.2) is 0 Å². The van der Waals surface area contributed by atoms with Gasteiger partial charge in [0.25, 0.3) is 0 Å². The molecule has 2 N–H and O–H groups in total. The first-order chi connectivity index (χ1) is 10.3. The van der Waals surface area contributed by atoms with E-state index in [0.717, 1.165) is 18.2 Å². The number of ether oxygens (including phenoxy) is 1. The molecule has 2 aromatic carbocycles. The average Bonchev–Trinajstić information content (AvgIpc) is 2.46. The van der Waals surface area contributed by atoms with Crippen LogP contribution in [0.2, 0.25) is 0 Å². The topological polar surface area (TPSA) is 73.5 Å². The van der Waals surface area contributed by atoms with Crippen molar-refractivity contribution in [2.75, 3.05) is 0 Å². The molecule has 0 fully saturated rings. The first-order valence-corrected chi connectivity index (χ1v) is 6.06. The standard InChI is InChI=1S/C14H9BF3NO3/c16-14(17,18)13-6-5-12(7-9(13)8-19)22-11-3-1-10(2-4-11)15(20)21/h1-7,20-21H. The summed E-state index contributed by atoms with van der Waals surface area (Å²) < 4.78 is 43.4. The predicted octanol–water partition coefficient (Wildman–Crippen LogP) is 2.05. The molecule has 2 rings (SSSR count). The molecule has 8 heteroatoms. The Hall–Kier alpha value is -2.50. The highest BCUT2D eigenvalue weighted by molar-refractivity contribution is 6.58. The predicted molar refractivity (Wildman–Crippen MR) is 72.5 cm³/mol. The molecule has 0 unspecified atom stereocenters. The van der Waals surface area contributed by atoms with E-state index in [0.29, 0.717) is 0 Å². The van der Waals surface area contributed by atoms with Crippen LogP contribution in [-0.2, 0) is 6.18 Å². The molecular formula is C14H9BF3NO3. The van der Waals surface area contributed by atoms with Gasteiger partial charge in [-0.2, -0.15) is 18.4 Å². The molecule has 0 spiro atoms. The van der Waals surface area contributed by atoms with E-state index in [-0.39, 0.29) is 17.0 Å². The first kappa shape index (κ1) is 15.9. The van der Waals surface area contributed by atoms with Crippen LogP contribution >= 0.6 is 0 Å². The van der Waals surface area contributed by atoms with Gasteiger partial charge in [-0.1, -0.05) is 12.1 Å². The largest absolute Gasteiger partial charge is 0.488 e. The lowest BCUT2D eigenvalue weighted by molar-refractivity contribution is -0.137. The van der Waals surface area contributed by atoms with E-state index in [4.69, 9.17) is 20.0 Å². The van der Waals surface area contributed by atoms with Gasteiger partial charge < -0.3 is 14.8 Å². The molecule has 0 bridgehead atoms. The van der Waals surface area contributed by atoms with Crippen molar-refractivity contribution >= 4 is 12.6 Å². The molecule has 22 heavy (non-hydrogen) atoms. The Kier molecular flexibility index (Phi) is 4.40. The maximum Gasteiger partial charge on any atom is 0.488 e. The Labute approximate surface area is 124 Å². The maximum atomic E-state index is 12.7. The van der Waals surface area contributed by atoms with Gasteiger partial charge in [0.2, 0.25) is 0 Å². The maximum absolute atomic E-state index is 12.7. The van der Waals surface area contributed by atoms with Crippen molar-refractivity contribution in [2.24, 2.45) is 0 Å². The number of nitrogens with zero attached hydrogens (tertiary/aromatic N) is 1. The molecule has 0 saturated carbocycles. The molecule has 0 aliphatic carbocycles. The van der Waals surface area contributed by atoms with Crippen molar-refractivity contribution in [3.63, 3.8) is 0 Å². The zero-order valence-corrected chi connectivity index (χ0v) is 11.0. The van der Waals surface area contributed by atoms with Crippen LogP contribution in [0.5, 0.6) is 11.5 Å². The highest BCUT2D eigenvalue weighted by atomic mass is 19.4. The lowest BCUT2D eigenvalue weighted by Gasteiger charge is -2.11. The number of benzene rings is 2. The van der Waals surface area contributed by atoms with Crippen LogP contribution in [0.3, 0.4) is 0 Å². The van der Waals surface area contributed by atoms with Crippen LogP contribution in [0.25, 0.3) is 0 Å². The summed E-state index contributed by atoms with van der Waals surface area (Å²) in [6, 6.07) is 10.0. The molecule has 0 atom stereocenters. The van der Waals surface area contributed by atoms with Crippen molar-refractivity contribution in [3.05, 3.63) is 53.6 Å². The van der Waals surface area contributed by atoms with Crippen molar-refractivity contribution in [2.45, 2.75) is 6.18 Å². The van der Waals surface area contributed by atoms with Gasteiger partial charge in [0.1, 0.15) is 11.5 Å². The minimum absolute atomic E-state index is 0.0712. The second-order valence-electron chi connectivity index (χ2n) is 4.36. The fraction of sp³-hybridized carbons (Fsp3) is 0.0714. The Balaban J connectivity index is 2.25. The van der Waals surface area contributed by atoms with Gasteiger partial charge in [-0.15, -0.1) is 0 Å². The van der Waals surface area contributed by atoms with Crippen molar-refractivity contribution < 1.29 is 28.0 Å². The number of nitriles is 1. The second kappa shape index (κ2) is 6.09. The molecule has 0 aromatic heterocycles. The smallest absolute Gasteiger partial charge is 0.457 e. The third kappa shape index (κ3) is 3.58. The number of hydrogen-bond acceptors (Lipinski definition) is 4. The molecule has 2 aromatic rings. The van der Waals surface area contributed by atoms with Crippen molar-refractivity contribution in [1.29, 1.82) is 5.26 Å². The lowest BCUT2D eigenvalue weighted by atomic mass is 9.80. The van der Waals surface area contributed by atoms with Crippen LogP contribution in [0.4, 0.5) is 13.2 Å². The summed E-state index contributed by atoms with van der Waals surface area (Å²) in [5.41, 5.74) is -1.31. The Morgan fingerprint density at radius 2 is 1.59 bits per heavy atom. The Morgan fingerprint density at radius 1 is 1.00 bits per heavy atom. The molecule has 112 valence electrons. The van der Waals surface area contributed by atoms with E-state index in [2.05, 4.69) is 0 Å². The van der Waals surface area contributed by atoms with E-state index < -0.39 is 24.4 Å². The molecule has 0 radical (unpaired) electrons. The second-order valence-corrected chi connectivity index (χ2v) is 4.36. The Morgan fingerprint density at radius 3 is 2.09 bits per heavy atom. The summed E-state index contributed by atoms with van der Waals surface area (Å²) in [6.45, 7) is 0. The Bertz CT molecular complexity index is 709. The summed E-state index contributed by atoms with van der Waals surface area (Å²) in [7, 11) is -1.62. The van der Waals surface area contributed by atoms with E-state index in [1.165, 1.54) is 30.3 Å². The van der Waals surface area contributed by atoms with Crippen LogP contribution in [-0.4, -0.2) is 17.2 Å². The van der Waals surface area contributed by atoms with E-state index in [1.807, 2.05) is 0 Å². The number of halogens is 3. The molecule has 0 saturated heterocycles. The molecule has 0 heterocycles. The molecular weight excluding hydrogens is 298 g/mol. The summed E-state index contributed by atoms with van der Waals surface area (Å²) in [4.78, 5) is 0. The third-order valence-electron chi connectivity index (χ3n) is 2.83. The first-order valence-electron chi connectivity index (χ1n) is 6.06. The van der Waals surface area contributed by atoms with Gasteiger partial charge >= 0.3 is 13.3 Å². The van der Waals surface area contributed by atoms with Crippen LogP contribution in [0, 0.1) is 11.3 Å². The number of alkyl halides is 3. The fourth-order valence-electron chi connectivity index (χ4n) is 1.77. The highest BCUT2D eigenvalue weighted by Crippen LogP contribution is 2.34. The van der Waals surface area contributed by atoms with Crippen molar-refractivity contribution in [3.8, 4) is 17.6 Å². The minimum Gasteiger partial charge on any atom is -0.457 e. The van der Waals surface area contributed by atoms with E-state index >= 15 is 0 Å². The monoisotopic (exact) mass is 307 g/mol. The van der Waals surface area contributed by atoms with Crippen LogP contribution in [0.1, 0.15) is 11.1 Å². The molecule has 0 aliphatic rings. The zero-order valence-electron chi connectivity index (χ0n) is 11.0. The van der Waals surface area contributed by atoms with Crippen LogP contribution in [0.15, 0.2) is 42.5 Å². The van der Waals surface area contributed by atoms with E-state index in [9.17, 15) is 13.2 Å². The fourth-order valence-corrected chi connectivity index (χ4v) is 1.77. The van der Waals surface area contributed by atoms with Gasteiger partial charge in [0, 0.05) is 0 Å². The third-order valence-corrected chi connectivity index (χ3v) is 2.83. The summed E-state index contributed by atoms with van der Waals surface area (Å²) in [6.07, 6.45) is -4.61. The van der Waals surface area contributed by atoms with Crippen LogP contribution < -0.4 is 10.2 Å². The average molecular weight is 307 g/mol. The molecule has 0 amide bonds. The summed E-state index contributed by atoms with van der Waals surface area (Å²) in [5.74, 6) is 0.356.